The van der Waals surface area contributed by atoms with Crippen LogP contribution in [0.4, 0.5) is 5.82 Å². The van der Waals surface area contributed by atoms with E-state index < -0.39 is 0 Å². The Morgan fingerprint density at radius 1 is 1.19 bits per heavy atom. The fourth-order valence-electron chi connectivity index (χ4n) is 3.79. The van der Waals surface area contributed by atoms with Crippen molar-refractivity contribution in [3.63, 3.8) is 0 Å². The first-order chi connectivity index (χ1) is 12.8. The van der Waals surface area contributed by atoms with Crippen LogP contribution in [0.2, 0.25) is 5.02 Å². The Hall–Kier alpha value is -2.86. The zero-order valence-electron chi connectivity index (χ0n) is 15.2. The Morgan fingerprint density at radius 2 is 2.00 bits per heavy atom. The third-order valence-corrected chi connectivity index (χ3v) is 5.36. The van der Waals surface area contributed by atoms with E-state index in [1.165, 1.54) is 0 Å². The molecule has 0 spiro atoms. The highest BCUT2D eigenvalue weighted by Gasteiger charge is 2.29. The maximum atomic E-state index is 6.29. The van der Waals surface area contributed by atoms with E-state index in [0.717, 1.165) is 33.3 Å². The lowest BCUT2D eigenvalue weighted by Crippen LogP contribution is -2.34. The predicted octanol–water partition coefficient (Wildman–Crippen LogP) is 4.56. The van der Waals surface area contributed by atoms with Gasteiger partial charge < -0.3 is 14.7 Å². The van der Waals surface area contributed by atoms with Gasteiger partial charge in [-0.25, -0.2) is 9.97 Å². The SMILES string of the molecule is Cc1c(-c2nc(N)c3cc4n(c3n2)C(C)(C)CN=C4)oc2ccc(Cl)cc12. The number of benzene rings is 1. The van der Waals surface area contributed by atoms with Gasteiger partial charge in [0.1, 0.15) is 17.0 Å². The Bertz CT molecular complexity index is 1260. The maximum absolute atomic E-state index is 6.29. The molecule has 1 aromatic carbocycles. The Kier molecular flexibility index (Phi) is 3.22. The quantitative estimate of drug-likeness (QED) is 0.525. The number of fused-ring (bicyclic) bond motifs is 4. The van der Waals surface area contributed by atoms with E-state index in [9.17, 15) is 0 Å². The lowest BCUT2D eigenvalue weighted by Gasteiger charge is -2.30. The average Bonchev–Trinajstić information content (AvgIpc) is 3.14. The number of hydrogen-bond acceptors (Lipinski definition) is 5. The first kappa shape index (κ1) is 16.3. The van der Waals surface area contributed by atoms with Crippen LogP contribution in [-0.4, -0.2) is 27.3 Å². The number of hydrogen-bond donors (Lipinski definition) is 1. The molecule has 3 aromatic heterocycles. The molecule has 7 heteroatoms. The molecule has 0 aliphatic carbocycles. The maximum Gasteiger partial charge on any atom is 0.199 e. The number of aromatic nitrogens is 3. The first-order valence-electron chi connectivity index (χ1n) is 8.73. The molecule has 2 N–H and O–H groups in total. The molecule has 0 amide bonds. The molecule has 0 fully saturated rings. The van der Waals surface area contributed by atoms with Gasteiger partial charge in [-0.05, 0) is 45.0 Å². The van der Waals surface area contributed by atoms with Crippen molar-refractivity contribution in [2.24, 2.45) is 4.99 Å². The fraction of sp³-hybridized carbons (Fsp3) is 0.250. The molecule has 4 aromatic rings. The van der Waals surface area contributed by atoms with E-state index in [2.05, 4.69) is 28.4 Å². The van der Waals surface area contributed by atoms with Crippen LogP contribution in [0.3, 0.4) is 0 Å². The van der Waals surface area contributed by atoms with Crippen molar-refractivity contribution in [2.75, 3.05) is 12.3 Å². The molecule has 1 aliphatic heterocycles. The van der Waals surface area contributed by atoms with E-state index in [-0.39, 0.29) is 5.54 Å². The van der Waals surface area contributed by atoms with Crippen molar-refractivity contribution in [2.45, 2.75) is 26.3 Å². The summed E-state index contributed by atoms with van der Waals surface area (Å²) in [6.07, 6.45) is 1.86. The molecule has 0 radical (unpaired) electrons. The topological polar surface area (TPSA) is 82.2 Å². The second kappa shape index (κ2) is 5.33. The number of halogens is 1. The van der Waals surface area contributed by atoms with E-state index in [4.69, 9.17) is 26.7 Å². The highest BCUT2D eigenvalue weighted by Crippen LogP contribution is 2.36. The van der Waals surface area contributed by atoms with Gasteiger partial charge >= 0.3 is 0 Å². The fourth-order valence-corrected chi connectivity index (χ4v) is 3.96. The summed E-state index contributed by atoms with van der Waals surface area (Å²) in [5.41, 5.74) is 9.56. The molecule has 4 heterocycles. The number of aliphatic imine (C=N–C) groups is 1. The van der Waals surface area contributed by atoms with E-state index in [1.54, 1.807) is 6.07 Å². The Morgan fingerprint density at radius 3 is 2.81 bits per heavy atom. The second-order valence-corrected chi connectivity index (χ2v) is 7.99. The molecule has 0 unspecified atom stereocenters. The summed E-state index contributed by atoms with van der Waals surface area (Å²) in [5, 5.41) is 2.44. The highest BCUT2D eigenvalue weighted by atomic mass is 35.5. The summed E-state index contributed by atoms with van der Waals surface area (Å²) < 4.78 is 8.21. The lowest BCUT2D eigenvalue weighted by molar-refractivity contribution is 0.370. The summed E-state index contributed by atoms with van der Waals surface area (Å²) in [4.78, 5) is 13.8. The molecule has 1 aliphatic rings. The number of anilines is 1. The Labute approximate surface area is 160 Å². The van der Waals surface area contributed by atoms with Crippen molar-refractivity contribution >= 4 is 45.6 Å². The zero-order valence-corrected chi connectivity index (χ0v) is 16.0. The van der Waals surface area contributed by atoms with Crippen LogP contribution >= 0.6 is 11.6 Å². The average molecular weight is 380 g/mol. The number of nitrogens with two attached hydrogens (primary N) is 1. The van der Waals surface area contributed by atoms with Gasteiger partial charge in [0.25, 0.3) is 0 Å². The largest absolute Gasteiger partial charge is 0.452 e. The van der Waals surface area contributed by atoms with E-state index in [1.807, 2.05) is 31.3 Å². The summed E-state index contributed by atoms with van der Waals surface area (Å²) in [5.74, 6) is 1.52. The summed E-state index contributed by atoms with van der Waals surface area (Å²) in [6, 6.07) is 7.54. The monoisotopic (exact) mass is 379 g/mol. The minimum absolute atomic E-state index is 0.194. The lowest BCUT2D eigenvalue weighted by atomic mass is 10.0. The van der Waals surface area contributed by atoms with Crippen LogP contribution in [0.25, 0.3) is 33.6 Å². The van der Waals surface area contributed by atoms with Gasteiger partial charge in [-0.3, -0.25) is 4.99 Å². The van der Waals surface area contributed by atoms with Crippen LogP contribution in [0.15, 0.2) is 33.7 Å². The molecule has 5 rings (SSSR count). The van der Waals surface area contributed by atoms with Crippen LogP contribution in [-0.2, 0) is 5.54 Å². The molecule has 136 valence electrons. The van der Waals surface area contributed by atoms with Crippen LogP contribution in [0.5, 0.6) is 0 Å². The summed E-state index contributed by atoms with van der Waals surface area (Å²) in [6.45, 7) is 6.94. The van der Waals surface area contributed by atoms with Crippen molar-refractivity contribution in [3.8, 4) is 11.6 Å². The number of rotatable bonds is 1. The third-order valence-electron chi connectivity index (χ3n) is 5.13. The standard InChI is InChI=1S/C20H18ClN5O/c1-10-13-6-11(21)4-5-15(13)27-16(10)18-24-17(22)14-7-12-8-23-9-20(2,3)26(12)19(14)25-18/h4-8H,9H2,1-3H3,(H2,22,24,25). The second-order valence-electron chi connectivity index (χ2n) is 7.55. The first-order valence-corrected chi connectivity index (χ1v) is 9.11. The molecule has 0 atom stereocenters. The minimum atomic E-state index is -0.194. The third kappa shape index (κ3) is 2.29. The van der Waals surface area contributed by atoms with E-state index >= 15 is 0 Å². The molecule has 0 saturated carbocycles. The number of aryl methyl sites for hydroxylation is 1. The van der Waals surface area contributed by atoms with Gasteiger partial charge in [-0.2, -0.15) is 0 Å². The summed E-state index contributed by atoms with van der Waals surface area (Å²) in [7, 11) is 0. The zero-order chi connectivity index (χ0) is 18.9. The smallest absolute Gasteiger partial charge is 0.199 e. The van der Waals surface area contributed by atoms with Crippen LogP contribution < -0.4 is 5.73 Å². The van der Waals surface area contributed by atoms with Crippen molar-refractivity contribution < 1.29 is 4.42 Å². The molecule has 6 nitrogen and oxygen atoms in total. The predicted molar refractivity (Wildman–Crippen MR) is 109 cm³/mol. The van der Waals surface area contributed by atoms with E-state index in [0.29, 0.717) is 29.0 Å². The van der Waals surface area contributed by atoms with Gasteiger partial charge in [0.15, 0.2) is 11.6 Å². The highest BCUT2D eigenvalue weighted by molar-refractivity contribution is 6.31. The number of furan rings is 1. The van der Waals surface area contributed by atoms with Crippen LogP contribution in [0.1, 0.15) is 25.1 Å². The van der Waals surface area contributed by atoms with Gasteiger partial charge in [0.05, 0.1) is 23.2 Å². The van der Waals surface area contributed by atoms with Crippen molar-refractivity contribution in [1.29, 1.82) is 0 Å². The molecule has 0 saturated heterocycles. The number of nitrogen functional groups attached to an aromatic ring is 1. The molecular weight excluding hydrogens is 362 g/mol. The normalized spacial score (nSPS) is 15.6. The van der Waals surface area contributed by atoms with Crippen molar-refractivity contribution in [1.82, 2.24) is 14.5 Å². The summed E-state index contributed by atoms with van der Waals surface area (Å²) >= 11 is 6.14. The van der Waals surface area contributed by atoms with Crippen LogP contribution in [0, 0.1) is 6.92 Å². The number of nitrogens with zero attached hydrogens (tertiary/aromatic N) is 4. The van der Waals surface area contributed by atoms with Gasteiger partial charge in [-0.1, -0.05) is 11.6 Å². The van der Waals surface area contributed by atoms with Gasteiger partial charge in [-0.15, -0.1) is 0 Å². The molecule has 0 bridgehead atoms. The minimum Gasteiger partial charge on any atom is -0.452 e. The van der Waals surface area contributed by atoms with Gasteiger partial charge in [0.2, 0.25) is 0 Å². The molecule has 27 heavy (non-hydrogen) atoms. The Balaban J connectivity index is 1.81. The van der Waals surface area contributed by atoms with Gasteiger partial charge in [0, 0.05) is 22.2 Å². The molecular formula is C20H18ClN5O. The van der Waals surface area contributed by atoms with Crippen molar-refractivity contribution in [3.05, 3.63) is 40.5 Å².